The second-order valence-corrected chi connectivity index (χ2v) is 4.07. The number of rotatable bonds is 6. The molecule has 8 heteroatoms. The van der Waals surface area contributed by atoms with Crippen LogP contribution >= 0.6 is 0 Å². The highest BCUT2D eigenvalue weighted by molar-refractivity contribution is 6.12. The van der Waals surface area contributed by atoms with Crippen molar-refractivity contribution in [2.24, 2.45) is 0 Å². The van der Waals surface area contributed by atoms with Gasteiger partial charge in [-0.15, -0.1) is 5.10 Å². The summed E-state index contributed by atoms with van der Waals surface area (Å²) in [5, 5.41) is 16.2. The fourth-order valence-corrected chi connectivity index (χ4v) is 1.66. The Kier molecular flexibility index (Phi) is 3.69. The molecule has 1 aromatic heterocycles. The van der Waals surface area contributed by atoms with Crippen molar-refractivity contribution in [2.75, 3.05) is 0 Å². The number of aliphatic carboxylic acids is 1. The Balaban J connectivity index is 1.89. The molecule has 0 bridgehead atoms. The first kappa shape index (κ1) is 12.9. The number of carbonyl (C=O) groups excluding carboxylic acids is 2. The molecule has 1 N–H and O–H groups in total. The van der Waals surface area contributed by atoms with E-state index in [-0.39, 0.29) is 24.8 Å². The average molecular weight is 264 g/mol. The maximum atomic E-state index is 11.3. The van der Waals surface area contributed by atoms with Gasteiger partial charge in [0.1, 0.15) is 5.69 Å². The molecule has 0 radical (unpaired) electrons. The molecule has 0 saturated carbocycles. The molecule has 100 valence electrons. The standard InChI is InChI=1S/C11H12N4O4/c16-9-3-4-10(17)15(9)7-8-6-14(13-12-8)5-1-2-11(18)19/h3-4,6H,1-2,5,7H2,(H,18,19). The average Bonchev–Trinajstić information content (AvgIpc) is 2.91. The molecule has 2 heterocycles. The van der Waals surface area contributed by atoms with Crippen molar-refractivity contribution in [1.82, 2.24) is 19.9 Å². The lowest BCUT2D eigenvalue weighted by atomic mass is 10.3. The van der Waals surface area contributed by atoms with E-state index in [1.807, 2.05) is 0 Å². The molecule has 0 aromatic carbocycles. The van der Waals surface area contributed by atoms with Gasteiger partial charge in [0.25, 0.3) is 11.8 Å². The van der Waals surface area contributed by atoms with Gasteiger partial charge >= 0.3 is 5.97 Å². The van der Waals surface area contributed by atoms with Crippen molar-refractivity contribution in [1.29, 1.82) is 0 Å². The Morgan fingerprint density at radius 3 is 2.58 bits per heavy atom. The first-order valence-corrected chi connectivity index (χ1v) is 5.70. The molecule has 0 fully saturated rings. The largest absolute Gasteiger partial charge is 0.481 e. The molecule has 0 saturated heterocycles. The molecule has 19 heavy (non-hydrogen) atoms. The monoisotopic (exact) mass is 264 g/mol. The molecule has 1 aliphatic heterocycles. The van der Waals surface area contributed by atoms with Crippen LogP contribution in [-0.4, -0.2) is 42.8 Å². The van der Waals surface area contributed by atoms with Crippen molar-refractivity contribution in [3.8, 4) is 0 Å². The van der Waals surface area contributed by atoms with E-state index >= 15 is 0 Å². The van der Waals surface area contributed by atoms with Crippen molar-refractivity contribution in [3.05, 3.63) is 24.0 Å². The van der Waals surface area contributed by atoms with Crippen LogP contribution in [0.2, 0.25) is 0 Å². The quantitative estimate of drug-likeness (QED) is 0.699. The van der Waals surface area contributed by atoms with E-state index in [4.69, 9.17) is 5.11 Å². The van der Waals surface area contributed by atoms with Gasteiger partial charge in [-0.1, -0.05) is 5.21 Å². The number of hydrogen-bond donors (Lipinski definition) is 1. The van der Waals surface area contributed by atoms with Crippen molar-refractivity contribution >= 4 is 17.8 Å². The summed E-state index contributed by atoms with van der Waals surface area (Å²) < 4.78 is 1.50. The zero-order valence-electron chi connectivity index (χ0n) is 10.0. The van der Waals surface area contributed by atoms with Gasteiger partial charge in [-0.05, 0) is 6.42 Å². The number of hydrogen-bond acceptors (Lipinski definition) is 5. The maximum absolute atomic E-state index is 11.3. The van der Waals surface area contributed by atoms with Gasteiger partial charge in [0, 0.05) is 25.1 Å². The summed E-state index contributed by atoms with van der Waals surface area (Å²) in [6.07, 6.45) is 4.52. The Bertz CT molecular complexity index is 531. The Labute approximate surface area is 108 Å². The lowest BCUT2D eigenvalue weighted by Gasteiger charge is -2.10. The van der Waals surface area contributed by atoms with E-state index in [0.717, 1.165) is 4.90 Å². The third-order valence-electron chi connectivity index (χ3n) is 2.58. The summed E-state index contributed by atoms with van der Waals surface area (Å²) in [5.74, 6) is -1.60. The highest BCUT2D eigenvalue weighted by Gasteiger charge is 2.24. The van der Waals surface area contributed by atoms with Crippen LogP contribution in [0.5, 0.6) is 0 Å². The highest BCUT2D eigenvalue weighted by atomic mass is 16.4. The molecule has 1 aromatic rings. The summed E-state index contributed by atoms with van der Waals surface area (Å²) in [4.78, 5) is 34.1. The Hall–Kier alpha value is -2.51. The van der Waals surface area contributed by atoms with Crippen LogP contribution in [0.4, 0.5) is 0 Å². The van der Waals surface area contributed by atoms with Crippen molar-refractivity contribution < 1.29 is 19.5 Å². The number of imide groups is 1. The zero-order valence-corrected chi connectivity index (χ0v) is 10.0. The number of amides is 2. The number of aryl methyl sites for hydroxylation is 1. The minimum Gasteiger partial charge on any atom is -0.481 e. The first-order chi connectivity index (χ1) is 9.06. The Morgan fingerprint density at radius 2 is 1.95 bits per heavy atom. The van der Waals surface area contributed by atoms with Gasteiger partial charge in [0.15, 0.2) is 0 Å². The van der Waals surface area contributed by atoms with Crippen molar-refractivity contribution in [3.63, 3.8) is 0 Å². The van der Waals surface area contributed by atoms with E-state index in [1.165, 1.54) is 16.8 Å². The van der Waals surface area contributed by atoms with Crippen molar-refractivity contribution in [2.45, 2.75) is 25.9 Å². The molecule has 2 amide bonds. The molecule has 0 aliphatic carbocycles. The number of carboxylic acids is 1. The Morgan fingerprint density at radius 1 is 1.26 bits per heavy atom. The van der Waals surface area contributed by atoms with Crippen LogP contribution < -0.4 is 0 Å². The second kappa shape index (κ2) is 5.42. The van der Waals surface area contributed by atoms with E-state index in [2.05, 4.69) is 10.3 Å². The van der Waals surface area contributed by atoms with Gasteiger partial charge in [0.2, 0.25) is 0 Å². The number of carbonyl (C=O) groups is 3. The SMILES string of the molecule is O=C(O)CCCn1cc(CN2C(=O)C=CC2=O)nn1. The van der Waals surface area contributed by atoms with Crippen LogP contribution in [0.15, 0.2) is 18.3 Å². The molecule has 0 atom stereocenters. The molecular weight excluding hydrogens is 252 g/mol. The van der Waals surface area contributed by atoms with Gasteiger partial charge < -0.3 is 5.11 Å². The minimum atomic E-state index is -0.861. The van der Waals surface area contributed by atoms with E-state index in [1.54, 1.807) is 6.20 Å². The third-order valence-corrected chi connectivity index (χ3v) is 2.58. The van der Waals surface area contributed by atoms with Gasteiger partial charge in [-0.3, -0.25) is 24.0 Å². The minimum absolute atomic E-state index is 0.0577. The van der Waals surface area contributed by atoms with Gasteiger partial charge in [0.05, 0.1) is 12.7 Å². The summed E-state index contributed by atoms with van der Waals surface area (Å²) in [7, 11) is 0. The molecule has 0 spiro atoms. The van der Waals surface area contributed by atoms with E-state index in [0.29, 0.717) is 18.7 Å². The van der Waals surface area contributed by atoms with Gasteiger partial charge in [-0.25, -0.2) is 0 Å². The van der Waals surface area contributed by atoms with Crippen LogP contribution in [0.25, 0.3) is 0 Å². The summed E-state index contributed by atoms with van der Waals surface area (Å²) in [5.41, 5.74) is 0.487. The fraction of sp³-hybridized carbons (Fsp3) is 0.364. The van der Waals surface area contributed by atoms with Crippen LogP contribution in [-0.2, 0) is 27.5 Å². The number of nitrogens with zero attached hydrogens (tertiary/aromatic N) is 4. The maximum Gasteiger partial charge on any atom is 0.303 e. The molecular formula is C11H12N4O4. The normalized spacial score (nSPS) is 14.4. The van der Waals surface area contributed by atoms with Gasteiger partial charge in [-0.2, -0.15) is 0 Å². The lowest BCUT2D eigenvalue weighted by Crippen LogP contribution is -2.29. The number of aromatic nitrogens is 3. The molecule has 1 aliphatic rings. The topological polar surface area (TPSA) is 105 Å². The summed E-state index contributed by atoms with van der Waals surface area (Å²) >= 11 is 0. The van der Waals surface area contributed by atoms with Crippen LogP contribution in [0.1, 0.15) is 18.5 Å². The number of carboxylic acid groups (broad SMARTS) is 1. The smallest absolute Gasteiger partial charge is 0.303 e. The van der Waals surface area contributed by atoms with Crippen LogP contribution in [0, 0.1) is 0 Å². The summed E-state index contributed by atoms with van der Waals surface area (Å²) in [6.45, 7) is 0.503. The van der Waals surface area contributed by atoms with E-state index in [9.17, 15) is 14.4 Å². The lowest BCUT2D eigenvalue weighted by molar-refractivity contribution is -0.138. The third kappa shape index (κ3) is 3.24. The predicted octanol–water partition coefficient (Wildman–Crippen LogP) is -0.432. The van der Waals surface area contributed by atoms with Crippen LogP contribution in [0.3, 0.4) is 0 Å². The zero-order chi connectivity index (χ0) is 13.8. The second-order valence-electron chi connectivity index (χ2n) is 4.07. The highest BCUT2D eigenvalue weighted by Crippen LogP contribution is 2.08. The van der Waals surface area contributed by atoms with E-state index < -0.39 is 5.97 Å². The first-order valence-electron chi connectivity index (χ1n) is 5.70. The predicted molar refractivity (Wildman–Crippen MR) is 61.6 cm³/mol. The summed E-state index contributed by atoms with van der Waals surface area (Å²) in [6, 6.07) is 0. The molecule has 0 unspecified atom stereocenters. The molecule has 2 rings (SSSR count). The molecule has 8 nitrogen and oxygen atoms in total. The fourth-order valence-electron chi connectivity index (χ4n) is 1.66.